The SMILES string of the molecule is NC(=O)c1cc(C(F)F)c(I)c([N+](=O)[O-])n1. The molecule has 1 amide bonds. The summed E-state index contributed by atoms with van der Waals surface area (Å²) in [6, 6.07) is 0.752. The van der Waals surface area contributed by atoms with Crippen LogP contribution in [0.1, 0.15) is 22.5 Å². The number of amides is 1. The number of pyridine rings is 1. The van der Waals surface area contributed by atoms with Gasteiger partial charge in [0, 0.05) is 11.6 Å². The van der Waals surface area contributed by atoms with Crippen LogP contribution in [0.5, 0.6) is 0 Å². The number of nitro groups is 1. The van der Waals surface area contributed by atoms with E-state index in [1.165, 1.54) is 22.6 Å². The molecule has 0 aliphatic carbocycles. The number of rotatable bonds is 3. The monoisotopic (exact) mass is 343 g/mol. The van der Waals surface area contributed by atoms with Crippen LogP contribution in [0.15, 0.2) is 6.07 Å². The summed E-state index contributed by atoms with van der Waals surface area (Å²) >= 11 is 1.38. The molecule has 1 aromatic rings. The second-order valence-corrected chi connectivity index (χ2v) is 3.74. The van der Waals surface area contributed by atoms with Gasteiger partial charge < -0.3 is 15.8 Å². The Hall–Kier alpha value is -1.39. The quantitative estimate of drug-likeness (QED) is 0.512. The Morgan fingerprint density at radius 2 is 2.19 bits per heavy atom. The summed E-state index contributed by atoms with van der Waals surface area (Å²) in [6.45, 7) is 0. The lowest BCUT2D eigenvalue weighted by Gasteiger charge is -2.03. The summed E-state index contributed by atoms with van der Waals surface area (Å²) in [5.41, 5.74) is 3.65. The molecule has 0 saturated carbocycles. The van der Waals surface area contributed by atoms with Gasteiger partial charge in [-0.25, -0.2) is 8.78 Å². The van der Waals surface area contributed by atoms with Gasteiger partial charge in [0.1, 0.15) is 3.57 Å². The molecular weight excluding hydrogens is 339 g/mol. The number of primary amides is 1. The highest BCUT2D eigenvalue weighted by Crippen LogP contribution is 2.30. The van der Waals surface area contributed by atoms with E-state index in [0.717, 1.165) is 6.07 Å². The van der Waals surface area contributed by atoms with Crippen molar-refractivity contribution in [2.24, 2.45) is 5.73 Å². The Morgan fingerprint density at radius 3 is 2.56 bits per heavy atom. The molecule has 0 aromatic carbocycles. The summed E-state index contributed by atoms with van der Waals surface area (Å²) in [4.78, 5) is 23.6. The minimum absolute atomic E-state index is 0.303. The van der Waals surface area contributed by atoms with Crippen molar-refractivity contribution >= 4 is 34.3 Å². The summed E-state index contributed by atoms with van der Waals surface area (Å²) in [6.07, 6.45) is -2.94. The van der Waals surface area contributed by atoms with Crippen LogP contribution in [0.4, 0.5) is 14.6 Å². The van der Waals surface area contributed by atoms with Crippen molar-refractivity contribution in [3.8, 4) is 0 Å². The molecule has 0 saturated heterocycles. The molecule has 0 aliphatic heterocycles. The van der Waals surface area contributed by atoms with Crippen molar-refractivity contribution in [2.45, 2.75) is 6.43 Å². The average Bonchev–Trinajstić information content (AvgIpc) is 2.16. The first-order chi connectivity index (χ1) is 7.34. The maximum Gasteiger partial charge on any atom is 0.378 e. The van der Waals surface area contributed by atoms with Crippen LogP contribution in [0, 0.1) is 13.7 Å². The third-order valence-electron chi connectivity index (χ3n) is 1.63. The van der Waals surface area contributed by atoms with Gasteiger partial charge in [-0.3, -0.25) is 4.79 Å². The molecule has 0 bridgehead atoms. The lowest BCUT2D eigenvalue weighted by Crippen LogP contribution is -2.15. The largest absolute Gasteiger partial charge is 0.378 e. The van der Waals surface area contributed by atoms with Crippen molar-refractivity contribution in [3.05, 3.63) is 31.0 Å². The maximum absolute atomic E-state index is 12.5. The minimum atomic E-state index is -2.94. The normalized spacial score (nSPS) is 10.5. The van der Waals surface area contributed by atoms with Gasteiger partial charge in [-0.05, 0) is 32.5 Å². The highest BCUT2D eigenvalue weighted by Gasteiger charge is 2.26. The summed E-state index contributed by atoms with van der Waals surface area (Å²) in [5.74, 6) is -1.89. The molecule has 1 aromatic heterocycles. The van der Waals surface area contributed by atoms with Crippen LogP contribution in [-0.2, 0) is 0 Å². The molecule has 0 radical (unpaired) electrons. The molecule has 16 heavy (non-hydrogen) atoms. The van der Waals surface area contributed by atoms with E-state index in [2.05, 4.69) is 4.98 Å². The number of nitrogens with zero attached hydrogens (tertiary/aromatic N) is 2. The van der Waals surface area contributed by atoms with Crippen molar-refractivity contribution in [1.29, 1.82) is 0 Å². The second kappa shape index (κ2) is 4.63. The van der Waals surface area contributed by atoms with Crippen molar-refractivity contribution in [2.75, 3.05) is 0 Å². The van der Waals surface area contributed by atoms with Crippen molar-refractivity contribution < 1.29 is 18.5 Å². The van der Waals surface area contributed by atoms with Crippen LogP contribution in [0.2, 0.25) is 0 Å². The molecule has 0 aliphatic rings. The van der Waals surface area contributed by atoms with Gasteiger partial charge in [-0.2, -0.15) is 0 Å². The Kier molecular flexibility index (Phi) is 3.67. The fraction of sp³-hybridized carbons (Fsp3) is 0.143. The first-order valence-electron chi connectivity index (χ1n) is 3.77. The Labute approximate surface area is 101 Å². The second-order valence-electron chi connectivity index (χ2n) is 2.66. The van der Waals surface area contributed by atoms with Crippen LogP contribution in [0.25, 0.3) is 0 Å². The third-order valence-corrected chi connectivity index (χ3v) is 2.73. The van der Waals surface area contributed by atoms with Gasteiger partial charge in [0.15, 0.2) is 0 Å². The predicted octanol–water partition coefficient (Wildman–Crippen LogP) is 1.63. The van der Waals surface area contributed by atoms with E-state index in [0.29, 0.717) is 0 Å². The van der Waals surface area contributed by atoms with E-state index < -0.39 is 34.3 Å². The molecule has 9 heteroatoms. The minimum Gasteiger partial charge on any atom is -0.362 e. The van der Waals surface area contributed by atoms with E-state index in [-0.39, 0.29) is 3.57 Å². The zero-order chi connectivity index (χ0) is 12.5. The summed E-state index contributed by atoms with van der Waals surface area (Å²) in [7, 11) is 0. The molecule has 2 N–H and O–H groups in total. The number of hydrogen-bond acceptors (Lipinski definition) is 4. The Balaban J connectivity index is 3.51. The van der Waals surface area contributed by atoms with Crippen LogP contribution < -0.4 is 5.73 Å². The van der Waals surface area contributed by atoms with Crippen LogP contribution in [0.3, 0.4) is 0 Å². The fourth-order valence-electron chi connectivity index (χ4n) is 0.941. The van der Waals surface area contributed by atoms with Gasteiger partial charge in [0.25, 0.3) is 12.3 Å². The molecule has 1 heterocycles. The van der Waals surface area contributed by atoms with E-state index in [1.807, 2.05) is 0 Å². The van der Waals surface area contributed by atoms with E-state index in [4.69, 9.17) is 5.73 Å². The molecule has 1 rings (SSSR count). The van der Waals surface area contributed by atoms with E-state index >= 15 is 0 Å². The van der Waals surface area contributed by atoms with Gasteiger partial charge in [0.2, 0.25) is 5.69 Å². The Bertz CT molecular complexity index is 466. The van der Waals surface area contributed by atoms with E-state index in [9.17, 15) is 23.7 Å². The number of halogens is 3. The predicted molar refractivity (Wildman–Crippen MR) is 57.1 cm³/mol. The number of alkyl halides is 2. The number of hydrogen-bond donors (Lipinski definition) is 1. The van der Waals surface area contributed by atoms with Crippen LogP contribution in [-0.4, -0.2) is 15.8 Å². The van der Waals surface area contributed by atoms with Crippen LogP contribution >= 0.6 is 22.6 Å². The van der Waals surface area contributed by atoms with Gasteiger partial charge in [-0.1, -0.05) is 0 Å². The number of nitrogens with two attached hydrogens (primary N) is 1. The van der Waals surface area contributed by atoms with Gasteiger partial charge in [0.05, 0.1) is 0 Å². The smallest absolute Gasteiger partial charge is 0.362 e. The molecule has 0 unspecified atom stereocenters. The van der Waals surface area contributed by atoms with Crippen molar-refractivity contribution in [3.63, 3.8) is 0 Å². The number of carbonyl (C=O) groups excluding carboxylic acids is 1. The number of aromatic nitrogens is 1. The lowest BCUT2D eigenvalue weighted by atomic mass is 10.2. The number of carbonyl (C=O) groups is 1. The average molecular weight is 343 g/mol. The highest BCUT2D eigenvalue weighted by molar-refractivity contribution is 14.1. The molecule has 0 fully saturated rings. The highest BCUT2D eigenvalue weighted by atomic mass is 127. The molecule has 6 nitrogen and oxygen atoms in total. The summed E-state index contributed by atoms with van der Waals surface area (Å²) in [5, 5.41) is 10.5. The maximum atomic E-state index is 12.5. The van der Waals surface area contributed by atoms with E-state index in [1.54, 1.807) is 0 Å². The topological polar surface area (TPSA) is 99.1 Å². The summed E-state index contributed by atoms with van der Waals surface area (Å²) < 4.78 is 24.7. The zero-order valence-corrected chi connectivity index (χ0v) is 9.64. The lowest BCUT2D eigenvalue weighted by molar-refractivity contribution is -0.390. The van der Waals surface area contributed by atoms with Crippen molar-refractivity contribution in [1.82, 2.24) is 4.98 Å². The molecule has 86 valence electrons. The standard InChI is InChI=1S/C7H4F2IN3O3/c8-5(9)2-1-3(6(11)14)12-7(4(2)10)13(15)16/h1,5H,(H2,11,14). The molecule has 0 atom stereocenters. The zero-order valence-electron chi connectivity index (χ0n) is 7.49. The third kappa shape index (κ3) is 2.40. The first-order valence-corrected chi connectivity index (χ1v) is 4.85. The Morgan fingerprint density at radius 1 is 1.62 bits per heavy atom. The first kappa shape index (κ1) is 12.7. The molecular formula is C7H4F2IN3O3. The van der Waals surface area contributed by atoms with Gasteiger partial charge >= 0.3 is 5.82 Å². The molecule has 0 spiro atoms. The van der Waals surface area contributed by atoms with Gasteiger partial charge in [-0.15, -0.1) is 0 Å². The fourth-order valence-corrected chi connectivity index (χ4v) is 1.65.